The van der Waals surface area contributed by atoms with E-state index in [1.165, 1.54) is 11.7 Å². The fourth-order valence-corrected chi connectivity index (χ4v) is 2.41. The summed E-state index contributed by atoms with van der Waals surface area (Å²) in [7, 11) is 0. The van der Waals surface area contributed by atoms with Crippen LogP contribution in [0.2, 0.25) is 0 Å². The molecule has 0 saturated heterocycles. The third-order valence-electron chi connectivity index (χ3n) is 3.75. The molecule has 1 atom stereocenters. The number of aryl methyl sites for hydroxylation is 1. The van der Waals surface area contributed by atoms with Gasteiger partial charge < -0.3 is 15.2 Å². The third-order valence-corrected chi connectivity index (χ3v) is 3.75. The zero-order valence-corrected chi connectivity index (χ0v) is 15.2. The molecular formula is C19H21N5O3. The fraction of sp³-hybridized carbons (Fsp3) is 0.263. The van der Waals surface area contributed by atoms with Gasteiger partial charge in [0.2, 0.25) is 11.7 Å². The molecule has 0 saturated carbocycles. The van der Waals surface area contributed by atoms with E-state index in [2.05, 4.69) is 20.7 Å². The summed E-state index contributed by atoms with van der Waals surface area (Å²) in [4.78, 5) is 12.3. The molecule has 0 radical (unpaired) electrons. The average molecular weight is 367 g/mol. The lowest BCUT2D eigenvalue weighted by Gasteiger charge is -2.12. The summed E-state index contributed by atoms with van der Waals surface area (Å²) in [6.45, 7) is 3.71. The Balaban J connectivity index is 1.51. The van der Waals surface area contributed by atoms with Gasteiger partial charge in [0.15, 0.2) is 0 Å². The van der Waals surface area contributed by atoms with Crippen molar-refractivity contribution >= 4 is 11.6 Å². The van der Waals surface area contributed by atoms with Gasteiger partial charge in [-0.1, -0.05) is 29.8 Å². The van der Waals surface area contributed by atoms with Crippen LogP contribution in [0.4, 0.5) is 5.69 Å². The van der Waals surface area contributed by atoms with Crippen molar-refractivity contribution in [3.63, 3.8) is 0 Å². The molecule has 0 spiro atoms. The van der Waals surface area contributed by atoms with Crippen molar-refractivity contribution in [1.29, 1.82) is 0 Å². The average Bonchev–Trinajstić information content (AvgIpc) is 3.09. The van der Waals surface area contributed by atoms with Gasteiger partial charge in [0.1, 0.15) is 18.5 Å². The molecule has 140 valence electrons. The normalized spacial score (nSPS) is 11.8. The molecule has 1 unspecified atom stereocenters. The van der Waals surface area contributed by atoms with Crippen molar-refractivity contribution in [1.82, 2.24) is 20.2 Å². The number of rotatable bonds is 7. The number of hydrogen-bond acceptors (Lipinski definition) is 6. The number of amides is 1. The first-order valence-electron chi connectivity index (χ1n) is 8.53. The van der Waals surface area contributed by atoms with E-state index in [0.717, 1.165) is 11.1 Å². The van der Waals surface area contributed by atoms with E-state index in [-0.39, 0.29) is 19.1 Å². The molecule has 8 nitrogen and oxygen atoms in total. The van der Waals surface area contributed by atoms with Crippen LogP contribution in [0, 0.1) is 6.92 Å². The summed E-state index contributed by atoms with van der Waals surface area (Å²) in [5, 5.41) is 25.1. The highest BCUT2D eigenvalue weighted by atomic mass is 16.5. The number of nitrogens with zero attached hydrogens (tertiary/aromatic N) is 4. The number of hydrogen-bond donors (Lipinski definition) is 2. The molecule has 0 bridgehead atoms. The molecular weight excluding hydrogens is 346 g/mol. The Morgan fingerprint density at radius 1 is 1.19 bits per heavy atom. The van der Waals surface area contributed by atoms with Gasteiger partial charge in [-0.3, -0.25) is 4.79 Å². The summed E-state index contributed by atoms with van der Waals surface area (Å²) in [6.07, 6.45) is -0.792. The number of tetrazole rings is 1. The van der Waals surface area contributed by atoms with Crippen molar-refractivity contribution < 1.29 is 14.6 Å². The predicted molar refractivity (Wildman–Crippen MR) is 100 cm³/mol. The standard InChI is InChI=1S/C19H21N5O3/c1-13-3-5-15(6-4-13)19-21-23-24(22-19)11-17(26)12-27-18-9-7-16(8-10-18)20-14(2)25/h3-10,17,26H,11-12H2,1-2H3,(H,20,25). The van der Waals surface area contributed by atoms with Crippen LogP contribution in [0.1, 0.15) is 12.5 Å². The van der Waals surface area contributed by atoms with Crippen molar-refractivity contribution in [2.45, 2.75) is 26.5 Å². The lowest BCUT2D eigenvalue weighted by atomic mass is 10.1. The van der Waals surface area contributed by atoms with Gasteiger partial charge in [-0.15, -0.1) is 10.2 Å². The number of aromatic nitrogens is 4. The van der Waals surface area contributed by atoms with Gasteiger partial charge in [0.25, 0.3) is 0 Å². The number of nitrogens with one attached hydrogen (secondary N) is 1. The molecule has 2 aromatic carbocycles. The van der Waals surface area contributed by atoms with E-state index in [1.807, 2.05) is 31.2 Å². The quantitative estimate of drug-likeness (QED) is 0.663. The maximum absolute atomic E-state index is 11.0. The summed E-state index contributed by atoms with van der Waals surface area (Å²) in [5.41, 5.74) is 2.71. The molecule has 1 aromatic heterocycles. The first-order valence-corrected chi connectivity index (χ1v) is 8.53. The topological polar surface area (TPSA) is 102 Å². The largest absolute Gasteiger partial charge is 0.491 e. The molecule has 1 heterocycles. The van der Waals surface area contributed by atoms with E-state index in [9.17, 15) is 9.90 Å². The highest BCUT2D eigenvalue weighted by Gasteiger charge is 2.11. The van der Waals surface area contributed by atoms with Gasteiger partial charge in [-0.05, 0) is 36.4 Å². The number of aliphatic hydroxyl groups is 1. The lowest BCUT2D eigenvalue weighted by molar-refractivity contribution is -0.114. The molecule has 0 aliphatic heterocycles. The molecule has 0 fully saturated rings. The minimum absolute atomic E-state index is 0.0842. The number of anilines is 1. The second kappa shape index (κ2) is 8.41. The van der Waals surface area contributed by atoms with Crippen molar-refractivity contribution in [2.24, 2.45) is 0 Å². The molecule has 1 amide bonds. The zero-order chi connectivity index (χ0) is 19.2. The molecule has 3 aromatic rings. The van der Waals surface area contributed by atoms with Gasteiger partial charge >= 0.3 is 0 Å². The Bertz CT molecular complexity index is 890. The molecule has 3 rings (SSSR count). The molecule has 27 heavy (non-hydrogen) atoms. The second-order valence-corrected chi connectivity index (χ2v) is 6.20. The van der Waals surface area contributed by atoms with Crippen LogP contribution in [0.25, 0.3) is 11.4 Å². The van der Waals surface area contributed by atoms with Crippen LogP contribution in [-0.2, 0) is 11.3 Å². The van der Waals surface area contributed by atoms with E-state index < -0.39 is 6.10 Å². The minimum atomic E-state index is -0.792. The number of carbonyl (C=O) groups is 1. The Hall–Kier alpha value is -3.26. The summed E-state index contributed by atoms with van der Waals surface area (Å²) >= 11 is 0. The van der Waals surface area contributed by atoms with Crippen molar-refractivity contribution in [3.05, 3.63) is 54.1 Å². The predicted octanol–water partition coefficient (Wildman–Crippen LogP) is 2.05. The Morgan fingerprint density at radius 2 is 1.89 bits per heavy atom. The monoisotopic (exact) mass is 367 g/mol. The summed E-state index contributed by atoms with van der Waals surface area (Å²) in [6, 6.07) is 14.7. The summed E-state index contributed by atoms with van der Waals surface area (Å²) in [5.74, 6) is 0.969. The number of ether oxygens (including phenoxy) is 1. The molecule has 2 N–H and O–H groups in total. The van der Waals surface area contributed by atoms with Crippen molar-refractivity contribution in [3.8, 4) is 17.1 Å². The van der Waals surface area contributed by atoms with Crippen molar-refractivity contribution in [2.75, 3.05) is 11.9 Å². The SMILES string of the molecule is CC(=O)Nc1ccc(OCC(O)Cn2nnc(-c3ccc(C)cc3)n2)cc1. The molecule has 0 aliphatic rings. The number of benzene rings is 2. The lowest BCUT2D eigenvalue weighted by Crippen LogP contribution is -2.25. The van der Waals surface area contributed by atoms with Crippen LogP contribution in [0.5, 0.6) is 5.75 Å². The highest BCUT2D eigenvalue weighted by molar-refractivity contribution is 5.88. The minimum Gasteiger partial charge on any atom is -0.491 e. The Labute approximate surface area is 156 Å². The maximum atomic E-state index is 11.0. The van der Waals surface area contributed by atoms with Crippen LogP contribution in [0.15, 0.2) is 48.5 Å². The van der Waals surface area contributed by atoms with Gasteiger partial charge in [-0.2, -0.15) is 4.80 Å². The third kappa shape index (κ3) is 5.35. The summed E-state index contributed by atoms with van der Waals surface area (Å²) < 4.78 is 5.55. The van der Waals surface area contributed by atoms with E-state index in [4.69, 9.17) is 4.74 Å². The first-order chi connectivity index (χ1) is 13.0. The Kier molecular flexibility index (Phi) is 5.77. The van der Waals surface area contributed by atoms with Gasteiger partial charge in [0, 0.05) is 18.2 Å². The zero-order valence-electron chi connectivity index (χ0n) is 15.2. The van der Waals surface area contributed by atoms with E-state index in [1.54, 1.807) is 24.3 Å². The molecule has 8 heteroatoms. The number of carbonyl (C=O) groups excluding carboxylic acids is 1. The highest BCUT2D eigenvalue weighted by Crippen LogP contribution is 2.16. The van der Waals surface area contributed by atoms with Gasteiger partial charge in [-0.25, -0.2) is 0 Å². The van der Waals surface area contributed by atoms with Gasteiger partial charge in [0.05, 0.1) is 6.54 Å². The first kappa shape index (κ1) is 18.5. The van der Waals surface area contributed by atoms with Crippen LogP contribution < -0.4 is 10.1 Å². The van der Waals surface area contributed by atoms with Crippen LogP contribution in [0.3, 0.4) is 0 Å². The maximum Gasteiger partial charge on any atom is 0.221 e. The smallest absolute Gasteiger partial charge is 0.221 e. The fourth-order valence-electron chi connectivity index (χ4n) is 2.41. The number of aliphatic hydroxyl groups excluding tert-OH is 1. The molecule has 0 aliphatic carbocycles. The van der Waals surface area contributed by atoms with Crippen LogP contribution in [-0.4, -0.2) is 43.9 Å². The Morgan fingerprint density at radius 3 is 2.56 bits per heavy atom. The van der Waals surface area contributed by atoms with E-state index >= 15 is 0 Å². The van der Waals surface area contributed by atoms with E-state index in [0.29, 0.717) is 17.3 Å². The van der Waals surface area contributed by atoms with Crippen LogP contribution >= 0.6 is 0 Å². The second-order valence-electron chi connectivity index (χ2n) is 6.20.